The van der Waals surface area contributed by atoms with E-state index in [-0.39, 0.29) is 5.91 Å². The lowest BCUT2D eigenvalue weighted by Crippen LogP contribution is -2.27. The van der Waals surface area contributed by atoms with Gasteiger partial charge in [-0.15, -0.1) is 6.58 Å². The molecule has 0 saturated carbocycles. The normalized spacial score (nSPS) is 15.0. The molecule has 0 atom stereocenters. The van der Waals surface area contributed by atoms with E-state index in [1.807, 2.05) is 55.5 Å². The summed E-state index contributed by atoms with van der Waals surface area (Å²) < 4.78 is 12.2. The van der Waals surface area contributed by atoms with Gasteiger partial charge in [0.15, 0.2) is 0 Å². The van der Waals surface area contributed by atoms with Gasteiger partial charge in [0.25, 0.3) is 5.91 Å². The number of rotatable bonds is 9. The molecule has 1 fully saturated rings. The summed E-state index contributed by atoms with van der Waals surface area (Å²) in [5, 5.41) is 0.726. The average Bonchev–Trinajstić information content (AvgIpc) is 2.99. The molecule has 0 radical (unpaired) electrons. The maximum Gasteiger partial charge on any atom is 0.266 e. The highest BCUT2D eigenvalue weighted by atomic mass is 35.5. The van der Waals surface area contributed by atoms with E-state index >= 15 is 0 Å². The van der Waals surface area contributed by atoms with Crippen molar-refractivity contribution in [2.24, 2.45) is 0 Å². The van der Waals surface area contributed by atoms with Gasteiger partial charge in [0.05, 0.1) is 18.1 Å². The molecule has 0 aliphatic carbocycles. The second kappa shape index (κ2) is 10.7. The lowest BCUT2D eigenvalue weighted by atomic mass is 10.2. The van der Waals surface area contributed by atoms with Gasteiger partial charge in [-0.25, -0.2) is 0 Å². The first-order valence-corrected chi connectivity index (χ1v) is 11.1. The summed E-state index contributed by atoms with van der Waals surface area (Å²) in [5.41, 5.74) is 1.82. The topological polar surface area (TPSA) is 38.8 Å². The van der Waals surface area contributed by atoms with Gasteiger partial charge in [0.1, 0.15) is 15.8 Å². The lowest BCUT2D eigenvalue weighted by Gasteiger charge is -2.11. The number of thioether (sulfide) groups is 1. The molecule has 1 heterocycles. The Hall–Kier alpha value is -2.28. The highest BCUT2D eigenvalue weighted by Gasteiger charge is 2.31. The van der Waals surface area contributed by atoms with E-state index in [1.54, 1.807) is 6.08 Å². The second-order valence-electron chi connectivity index (χ2n) is 6.58. The number of hydrogen-bond donors (Lipinski definition) is 0. The van der Waals surface area contributed by atoms with E-state index < -0.39 is 0 Å². The van der Waals surface area contributed by atoms with Crippen LogP contribution in [0.5, 0.6) is 11.5 Å². The van der Waals surface area contributed by atoms with Gasteiger partial charge in [0, 0.05) is 23.6 Å². The highest BCUT2D eigenvalue weighted by molar-refractivity contribution is 8.26. The molecular formula is C23H22ClNO3S2. The molecule has 1 aliphatic rings. The van der Waals surface area contributed by atoms with Gasteiger partial charge in [-0.2, -0.15) is 0 Å². The highest BCUT2D eigenvalue weighted by Crippen LogP contribution is 2.34. The first kappa shape index (κ1) is 22.4. The van der Waals surface area contributed by atoms with Crippen molar-refractivity contribution in [3.05, 3.63) is 76.2 Å². The molecule has 1 aliphatic heterocycles. The van der Waals surface area contributed by atoms with Crippen molar-refractivity contribution in [3.8, 4) is 11.5 Å². The SMILES string of the molecule is C=CCN1C(=O)/C(=C/c2ccccc2OCCCOc2ccc(Cl)c(C)c2)SC1=S. The number of thiocarbonyl (C=S) groups is 1. The summed E-state index contributed by atoms with van der Waals surface area (Å²) in [4.78, 5) is 14.7. The quantitative estimate of drug-likeness (QED) is 0.202. The predicted octanol–water partition coefficient (Wildman–Crippen LogP) is 5.88. The molecule has 0 N–H and O–H groups in total. The lowest BCUT2D eigenvalue weighted by molar-refractivity contribution is -0.121. The number of benzene rings is 2. The van der Waals surface area contributed by atoms with Crippen LogP contribution in [0.15, 0.2) is 60.0 Å². The second-order valence-corrected chi connectivity index (χ2v) is 8.66. The van der Waals surface area contributed by atoms with Crippen molar-refractivity contribution in [1.82, 2.24) is 4.90 Å². The fourth-order valence-electron chi connectivity index (χ4n) is 2.80. The Morgan fingerprint density at radius 3 is 2.73 bits per heavy atom. The number of ether oxygens (including phenoxy) is 2. The van der Waals surface area contributed by atoms with Crippen molar-refractivity contribution in [1.29, 1.82) is 0 Å². The summed E-state index contributed by atoms with van der Waals surface area (Å²) in [5.74, 6) is 1.40. The molecule has 2 aromatic carbocycles. The van der Waals surface area contributed by atoms with E-state index in [2.05, 4.69) is 6.58 Å². The summed E-state index contributed by atoms with van der Waals surface area (Å²) in [7, 11) is 0. The van der Waals surface area contributed by atoms with Crippen LogP contribution in [0.2, 0.25) is 5.02 Å². The van der Waals surface area contributed by atoms with Crippen LogP contribution in [0, 0.1) is 6.92 Å². The summed E-state index contributed by atoms with van der Waals surface area (Å²) in [6, 6.07) is 13.2. The smallest absolute Gasteiger partial charge is 0.266 e. The Morgan fingerprint density at radius 1 is 1.20 bits per heavy atom. The van der Waals surface area contributed by atoms with Gasteiger partial charge in [-0.3, -0.25) is 9.69 Å². The third-order valence-corrected chi connectivity index (χ3v) is 6.14. The Bertz CT molecular complexity index is 990. The molecule has 4 nitrogen and oxygen atoms in total. The maximum absolute atomic E-state index is 12.5. The van der Waals surface area contributed by atoms with Crippen molar-refractivity contribution < 1.29 is 14.3 Å². The van der Waals surface area contributed by atoms with E-state index in [4.69, 9.17) is 33.3 Å². The van der Waals surface area contributed by atoms with Crippen molar-refractivity contribution >= 4 is 51.9 Å². The fourth-order valence-corrected chi connectivity index (χ4v) is 4.18. The number of nitrogens with zero attached hydrogens (tertiary/aromatic N) is 1. The van der Waals surface area contributed by atoms with Gasteiger partial charge in [-0.1, -0.05) is 59.9 Å². The molecular weight excluding hydrogens is 438 g/mol. The Morgan fingerprint density at radius 2 is 1.97 bits per heavy atom. The fraction of sp³-hybridized carbons (Fsp3) is 0.217. The summed E-state index contributed by atoms with van der Waals surface area (Å²) >= 11 is 12.6. The minimum absolute atomic E-state index is 0.105. The molecule has 0 spiro atoms. The maximum atomic E-state index is 12.5. The van der Waals surface area contributed by atoms with Crippen LogP contribution < -0.4 is 9.47 Å². The standard InChI is InChI=1S/C23H22ClNO3S2/c1-3-11-25-22(26)21(30-23(25)29)15-17-7-4-5-8-20(17)28-13-6-12-27-18-9-10-19(24)16(2)14-18/h3-5,7-10,14-15H,1,6,11-13H2,2H3/b21-15-. The average molecular weight is 460 g/mol. The molecule has 1 amide bonds. The Labute approximate surface area is 191 Å². The molecule has 30 heavy (non-hydrogen) atoms. The third-order valence-electron chi connectivity index (χ3n) is 4.34. The Balaban J connectivity index is 1.56. The number of para-hydroxylation sites is 1. The Kier molecular flexibility index (Phi) is 7.96. The van der Waals surface area contributed by atoms with E-state index in [1.165, 1.54) is 16.7 Å². The van der Waals surface area contributed by atoms with Crippen LogP contribution in [0.25, 0.3) is 6.08 Å². The molecule has 1 saturated heterocycles. The molecule has 0 aromatic heterocycles. The summed E-state index contributed by atoms with van der Waals surface area (Å²) in [6.07, 6.45) is 4.21. The third kappa shape index (κ3) is 5.65. The zero-order chi connectivity index (χ0) is 21.5. The predicted molar refractivity (Wildman–Crippen MR) is 128 cm³/mol. The number of carbonyl (C=O) groups excluding carboxylic acids is 1. The van der Waals surface area contributed by atoms with Crippen molar-refractivity contribution in [3.63, 3.8) is 0 Å². The molecule has 0 bridgehead atoms. The van der Waals surface area contributed by atoms with Crippen LogP contribution in [-0.4, -0.2) is 34.9 Å². The van der Waals surface area contributed by atoms with Crippen LogP contribution >= 0.6 is 35.6 Å². The van der Waals surface area contributed by atoms with E-state index in [9.17, 15) is 4.79 Å². The van der Waals surface area contributed by atoms with Gasteiger partial charge in [-0.05, 0) is 42.8 Å². The van der Waals surface area contributed by atoms with Crippen molar-refractivity contribution in [2.75, 3.05) is 19.8 Å². The van der Waals surface area contributed by atoms with E-state index in [0.29, 0.717) is 34.7 Å². The minimum Gasteiger partial charge on any atom is -0.493 e. The zero-order valence-corrected chi connectivity index (χ0v) is 19.0. The van der Waals surface area contributed by atoms with Gasteiger partial charge in [0.2, 0.25) is 0 Å². The molecule has 156 valence electrons. The number of carbonyl (C=O) groups is 1. The number of aryl methyl sites for hydroxylation is 1. The van der Waals surface area contributed by atoms with Crippen molar-refractivity contribution in [2.45, 2.75) is 13.3 Å². The number of amides is 1. The molecule has 0 unspecified atom stereocenters. The molecule has 2 aromatic rings. The first-order chi connectivity index (χ1) is 14.5. The van der Waals surface area contributed by atoms with Crippen LogP contribution in [-0.2, 0) is 4.79 Å². The monoisotopic (exact) mass is 459 g/mol. The first-order valence-electron chi connectivity index (χ1n) is 9.46. The van der Waals surface area contributed by atoms with Gasteiger partial charge >= 0.3 is 0 Å². The molecule has 3 rings (SSSR count). The number of hydrogen-bond acceptors (Lipinski definition) is 5. The zero-order valence-electron chi connectivity index (χ0n) is 16.6. The minimum atomic E-state index is -0.105. The van der Waals surface area contributed by atoms with Crippen LogP contribution in [0.4, 0.5) is 0 Å². The van der Waals surface area contributed by atoms with Crippen LogP contribution in [0.1, 0.15) is 17.5 Å². The summed E-state index contributed by atoms with van der Waals surface area (Å²) in [6.45, 7) is 7.06. The molecule has 7 heteroatoms. The largest absolute Gasteiger partial charge is 0.493 e. The van der Waals surface area contributed by atoms with E-state index in [0.717, 1.165) is 28.3 Å². The van der Waals surface area contributed by atoms with Crippen LogP contribution in [0.3, 0.4) is 0 Å². The number of halogens is 1. The van der Waals surface area contributed by atoms with Gasteiger partial charge < -0.3 is 9.47 Å².